The molecule has 1 radical (unpaired) electrons. The van der Waals surface area contributed by atoms with Crippen LogP contribution in [-0.2, 0) is 24.2 Å². The number of esters is 2. The molecule has 0 aliphatic rings. The zero-order valence-electron chi connectivity index (χ0n) is 33.2. The van der Waals surface area contributed by atoms with Crippen LogP contribution in [0.25, 0.3) is 0 Å². The van der Waals surface area contributed by atoms with Gasteiger partial charge in [-0.05, 0) is 44.9 Å². The number of hydrogen-bond acceptors (Lipinski definition) is 4. The molecule has 0 spiro atoms. The molecule has 0 rings (SSSR count). The fourth-order valence-electron chi connectivity index (χ4n) is 5.73. The molecule has 0 heterocycles. The summed E-state index contributed by atoms with van der Waals surface area (Å²) in [6, 6.07) is 0. The van der Waals surface area contributed by atoms with E-state index < -0.39 is 5.97 Å². The molecule has 0 saturated carbocycles. The van der Waals surface area contributed by atoms with E-state index in [4.69, 9.17) is 4.74 Å². The quantitative estimate of drug-likeness (QED) is 0.0287. The fourth-order valence-corrected chi connectivity index (χ4v) is 5.73. The Balaban J connectivity index is -0.000000855. The van der Waals surface area contributed by atoms with Crippen LogP contribution in [0.5, 0.6) is 0 Å². The average Bonchev–Trinajstić information content (AvgIpc) is 3.09. The summed E-state index contributed by atoms with van der Waals surface area (Å²) in [6.45, 7) is 12.7. The molecule has 0 amide bonds. The van der Waals surface area contributed by atoms with Gasteiger partial charge in [0.15, 0.2) is 0 Å². The van der Waals surface area contributed by atoms with E-state index in [1.54, 1.807) is 0 Å². The zero-order chi connectivity index (χ0) is 36.9. The first-order valence-corrected chi connectivity index (χ1v) is 21.1. The number of hydrogen-bond donors (Lipinski definition) is 0. The van der Waals surface area contributed by atoms with Gasteiger partial charge in [0.2, 0.25) is 0 Å². The molecule has 0 fully saturated rings. The van der Waals surface area contributed by atoms with Gasteiger partial charge in [-0.15, -0.1) is 13.2 Å². The summed E-state index contributed by atoms with van der Waals surface area (Å²) in [6.07, 6.45) is 43.7. The number of unbranched alkanes of at least 4 members (excludes halogenated alkanes) is 27. The summed E-state index contributed by atoms with van der Waals surface area (Å²) < 4.78 is 4.92. The molecule has 0 aliphatic heterocycles. The molecule has 0 N–H and O–H groups in total. The third kappa shape index (κ3) is 53.1. The van der Waals surface area contributed by atoms with Crippen LogP contribution in [0.3, 0.4) is 0 Å². The van der Waals surface area contributed by atoms with Crippen LogP contribution in [0, 0.1) is 0 Å². The normalized spacial score (nSPS) is 10.7. The van der Waals surface area contributed by atoms with E-state index in [0.717, 1.165) is 44.9 Å². The van der Waals surface area contributed by atoms with Gasteiger partial charge >= 0.3 is 17.9 Å². The van der Waals surface area contributed by atoms with Crippen LogP contribution >= 0.6 is 0 Å². The maximum absolute atomic E-state index is 11.7. The number of allylic oxidation sites excluding steroid dienone is 2. The molecule has 0 unspecified atom stereocenters. The number of carbonyl (C=O) groups excluding carboxylic acids is 3. The summed E-state index contributed by atoms with van der Waals surface area (Å²) in [5.74, 6) is -1.58. The molecule has 0 aromatic rings. The summed E-state index contributed by atoms with van der Waals surface area (Å²) in [5, 5.41) is 10.2. The number of rotatable bonds is 35. The van der Waals surface area contributed by atoms with Crippen LogP contribution in [0.4, 0.5) is 0 Å². The van der Waals surface area contributed by atoms with Crippen molar-refractivity contribution in [2.45, 2.75) is 239 Å². The highest BCUT2D eigenvalue weighted by atomic mass is 16.6. The van der Waals surface area contributed by atoms with Crippen molar-refractivity contribution in [2.24, 2.45) is 0 Å². The molecular weight excluding hydrogens is 608 g/mol. The van der Waals surface area contributed by atoms with Gasteiger partial charge in [-0.2, -0.15) is 0 Å². The lowest BCUT2D eigenvalue weighted by molar-refractivity contribution is -0.159. The average molecular weight is 692 g/mol. The van der Waals surface area contributed by atoms with Crippen LogP contribution in [0.15, 0.2) is 25.3 Å². The Morgan fingerprint density at radius 1 is 0.388 bits per heavy atom. The second-order valence-corrected chi connectivity index (χ2v) is 13.7. The first-order chi connectivity index (χ1) is 24.0. The monoisotopic (exact) mass is 692 g/mol. The van der Waals surface area contributed by atoms with Crippen LogP contribution < -0.4 is 0 Å². The van der Waals surface area contributed by atoms with Crippen molar-refractivity contribution in [2.75, 3.05) is 0 Å². The summed E-state index contributed by atoms with van der Waals surface area (Å²) >= 11 is 0. The molecule has 0 aromatic heterocycles. The smallest absolute Gasteiger partial charge is 0.355 e. The Morgan fingerprint density at radius 3 is 0.918 bits per heavy atom. The van der Waals surface area contributed by atoms with Gasteiger partial charge in [0.25, 0.3) is 0 Å². The van der Waals surface area contributed by atoms with Gasteiger partial charge in [0.05, 0.1) is 6.42 Å². The van der Waals surface area contributed by atoms with Gasteiger partial charge < -0.3 is 4.74 Å². The Kier molecular flexibility index (Phi) is 50.6. The lowest BCUT2D eigenvalue weighted by Gasteiger charge is -2.04. The molecule has 0 bridgehead atoms. The minimum Gasteiger partial charge on any atom is -0.393 e. The van der Waals surface area contributed by atoms with E-state index in [2.05, 4.69) is 46.1 Å². The van der Waals surface area contributed by atoms with E-state index in [1.165, 1.54) is 154 Å². The van der Waals surface area contributed by atoms with Gasteiger partial charge in [0.1, 0.15) is 0 Å². The van der Waals surface area contributed by atoms with Crippen molar-refractivity contribution in [3.63, 3.8) is 0 Å². The number of carbonyl (C=O) groups is 3. The molecule has 0 aromatic carbocycles. The van der Waals surface area contributed by atoms with E-state index in [0.29, 0.717) is 12.8 Å². The molecule has 0 atom stereocenters. The van der Waals surface area contributed by atoms with Crippen molar-refractivity contribution >= 4 is 17.9 Å². The number of ether oxygens (including phenoxy) is 1. The Labute approximate surface area is 305 Å². The standard InChI is InChI=1S/C24H46O3.C18H33O2.C2H4/c1-3-5-7-9-11-13-15-17-19-21-23(25)27-24(26)22-20-18-16-14-12-10-8-6-4-2;1-2-3-4-5-6-7-8-9-10-11-12-13-14-15-16-17-18(19)20;1-2/h3-22H2,1-2H3;9-10H,2-8,11-17H2,1H3;1-2H2/b;10-9-;. The van der Waals surface area contributed by atoms with E-state index in [1.807, 2.05) is 0 Å². The van der Waals surface area contributed by atoms with Gasteiger partial charge in [-0.25, -0.2) is 9.90 Å². The highest BCUT2D eigenvalue weighted by Crippen LogP contribution is 2.13. The Bertz CT molecular complexity index is 669. The van der Waals surface area contributed by atoms with E-state index in [9.17, 15) is 19.5 Å². The van der Waals surface area contributed by atoms with Crippen LogP contribution in [-0.4, -0.2) is 17.9 Å². The summed E-state index contributed by atoms with van der Waals surface area (Å²) in [4.78, 5) is 33.6. The van der Waals surface area contributed by atoms with Gasteiger partial charge in [-0.3, -0.25) is 9.59 Å². The fraction of sp³-hybridized carbons (Fsp3) is 0.841. The summed E-state index contributed by atoms with van der Waals surface area (Å²) in [5.41, 5.74) is 0. The van der Waals surface area contributed by atoms with Gasteiger partial charge in [0, 0.05) is 12.8 Å². The molecule has 289 valence electrons. The SMILES string of the molecule is C=C.CCCCCCCC/C=C\CCCCCCCC([O])=O.CCCCCCCCCCCC(=O)OC(=O)CCCCCCCCCCC. The Hall–Kier alpha value is -1.91. The maximum Gasteiger partial charge on any atom is 0.355 e. The lowest BCUT2D eigenvalue weighted by Crippen LogP contribution is -2.11. The molecule has 5 heteroatoms. The summed E-state index contributed by atoms with van der Waals surface area (Å²) in [7, 11) is 0. The van der Waals surface area contributed by atoms with Gasteiger partial charge in [-0.1, -0.05) is 187 Å². The lowest BCUT2D eigenvalue weighted by atomic mass is 10.1. The van der Waals surface area contributed by atoms with Crippen molar-refractivity contribution in [1.29, 1.82) is 0 Å². The Morgan fingerprint density at radius 2 is 0.633 bits per heavy atom. The maximum atomic E-state index is 11.7. The zero-order valence-corrected chi connectivity index (χ0v) is 33.2. The topological polar surface area (TPSA) is 80.3 Å². The molecule has 0 aliphatic carbocycles. The predicted molar refractivity (Wildman–Crippen MR) is 211 cm³/mol. The molecular formula is C44H83O5. The first kappa shape index (κ1) is 51.5. The second kappa shape index (κ2) is 48.2. The van der Waals surface area contributed by atoms with Crippen molar-refractivity contribution in [1.82, 2.24) is 0 Å². The molecule has 5 nitrogen and oxygen atoms in total. The second-order valence-electron chi connectivity index (χ2n) is 13.7. The molecule has 0 saturated heterocycles. The highest BCUT2D eigenvalue weighted by molar-refractivity contribution is 5.85. The minimum atomic E-state index is -0.914. The van der Waals surface area contributed by atoms with Crippen molar-refractivity contribution < 1.29 is 24.2 Å². The highest BCUT2D eigenvalue weighted by Gasteiger charge is 2.10. The van der Waals surface area contributed by atoms with E-state index >= 15 is 0 Å². The van der Waals surface area contributed by atoms with Crippen molar-refractivity contribution in [3.8, 4) is 0 Å². The van der Waals surface area contributed by atoms with E-state index in [-0.39, 0.29) is 18.4 Å². The minimum absolute atomic E-state index is 0.220. The third-order valence-electron chi connectivity index (χ3n) is 8.84. The first-order valence-electron chi connectivity index (χ1n) is 21.1. The van der Waals surface area contributed by atoms with Crippen LogP contribution in [0.1, 0.15) is 239 Å². The predicted octanol–water partition coefficient (Wildman–Crippen LogP) is 14.7. The largest absolute Gasteiger partial charge is 0.393 e. The van der Waals surface area contributed by atoms with Crippen molar-refractivity contribution in [3.05, 3.63) is 25.3 Å². The third-order valence-corrected chi connectivity index (χ3v) is 8.84. The molecule has 49 heavy (non-hydrogen) atoms. The van der Waals surface area contributed by atoms with Crippen LogP contribution in [0.2, 0.25) is 0 Å².